The van der Waals surface area contributed by atoms with E-state index in [1.54, 1.807) is 42.6 Å². The molecule has 4 heterocycles. The molecule has 31 heteroatoms. The quantitative estimate of drug-likeness (QED) is 0.0143. The molecule has 0 aliphatic carbocycles. The number of nitrogens with zero attached hydrogens (tertiary/aromatic N) is 11. The van der Waals surface area contributed by atoms with E-state index in [2.05, 4.69) is 66.0 Å². The first-order chi connectivity index (χ1) is 41.4. The van der Waals surface area contributed by atoms with Gasteiger partial charge in [-0.3, -0.25) is 19.2 Å². The average molecular weight is 1190 g/mol. The van der Waals surface area contributed by atoms with Crippen LogP contribution in [-0.2, 0) is 41.7 Å². The van der Waals surface area contributed by atoms with Crippen LogP contribution in [-0.4, -0.2) is 175 Å². The number of amides is 4. The number of ether oxygens (including phenoxy) is 2. The number of aromatic nitrogens is 8. The number of carboxylic acids is 2. The van der Waals surface area contributed by atoms with E-state index in [1.807, 2.05) is 11.9 Å². The lowest BCUT2D eigenvalue weighted by molar-refractivity contribution is -0.140. The summed E-state index contributed by atoms with van der Waals surface area (Å²) in [6.45, 7) is 5.78. The van der Waals surface area contributed by atoms with Crippen LogP contribution < -0.4 is 65.7 Å². The lowest BCUT2D eigenvalue weighted by Crippen LogP contribution is -2.41. The molecule has 6 rings (SSSR count). The number of nitrogen functional groups attached to an aromatic ring is 4. The minimum atomic E-state index is -1.31. The zero-order valence-corrected chi connectivity index (χ0v) is 48.0. The fraction of sp³-hybridized carbons (Fsp3) is 0.455. The number of anilines is 6. The molecular weight excluding hydrogens is 1110 g/mol. The lowest BCUT2D eigenvalue weighted by atomic mass is 10.1. The van der Waals surface area contributed by atoms with Gasteiger partial charge in [-0.15, -0.1) is 0 Å². The molecule has 462 valence electrons. The number of hydrazine groups is 1. The fourth-order valence-electron chi connectivity index (χ4n) is 8.78. The van der Waals surface area contributed by atoms with E-state index in [-0.39, 0.29) is 95.5 Å². The van der Waals surface area contributed by atoms with Crippen LogP contribution in [0.15, 0.2) is 60.9 Å². The van der Waals surface area contributed by atoms with Crippen LogP contribution in [0.1, 0.15) is 96.3 Å². The SMILES string of the molecule is CN(Cc1cnc2nc(N)nc(N)c2n1)c1ccc(C(=O)N[C@@H](CCC(=O)NCCCCCN(CCCCCNC(=O)CC[C@H](NC(=O)c2ccc(N(N)Cc3cnc4nc(N)nc(N)c4n3)cc2)C(=O)O)CCOCCOCCN)C(=O)O)cc1. The largest absolute Gasteiger partial charge is 0.480 e. The first kappa shape index (κ1) is 65.8. The Morgan fingerprint density at radius 1 is 0.558 bits per heavy atom. The van der Waals surface area contributed by atoms with E-state index in [0.29, 0.717) is 94.6 Å². The first-order valence-corrected chi connectivity index (χ1v) is 28.1. The van der Waals surface area contributed by atoms with E-state index < -0.39 is 35.8 Å². The van der Waals surface area contributed by atoms with Crippen molar-refractivity contribution in [3.8, 4) is 0 Å². The molecule has 86 heavy (non-hydrogen) atoms. The number of aliphatic carboxylic acids is 2. The Morgan fingerprint density at radius 3 is 1.48 bits per heavy atom. The minimum absolute atomic E-state index is 0.00272. The molecule has 0 saturated carbocycles. The van der Waals surface area contributed by atoms with Gasteiger partial charge in [0.25, 0.3) is 11.8 Å². The van der Waals surface area contributed by atoms with Crippen LogP contribution >= 0.6 is 0 Å². The van der Waals surface area contributed by atoms with Gasteiger partial charge in [-0.1, -0.05) is 12.8 Å². The highest BCUT2D eigenvalue weighted by Gasteiger charge is 2.24. The maximum Gasteiger partial charge on any atom is 0.326 e. The molecule has 0 unspecified atom stereocenters. The number of rotatable bonds is 38. The summed E-state index contributed by atoms with van der Waals surface area (Å²) in [6.07, 6.45) is 7.32. The topological polar surface area (TPSA) is 478 Å². The van der Waals surface area contributed by atoms with Crippen molar-refractivity contribution in [1.82, 2.24) is 66.0 Å². The molecule has 2 aromatic carbocycles. The molecule has 0 aliphatic heterocycles. The molecule has 31 nitrogen and oxygen atoms in total. The van der Waals surface area contributed by atoms with Crippen molar-refractivity contribution in [2.45, 2.75) is 89.4 Å². The maximum absolute atomic E-state index is 13.1. The van der Waals surface area contributed by atoms with Gasteiger partial charge in [0.2, 0.25) is 23.7 Å². The predicted octanol–water partition coefficient (Wildman–Crippen LogP) is 0.492. The highest BCUT2D eigenvalue weighted by atomic mass is 16.5. The number of unbranched alkanes of at least 4 members (excludes halogenated alkanes) is 4. The van der Waals surface area contributed by atoms with E-state index >= 15 is 0 Å². The van der Waals surface area contributed by atoms with Gasteiger partial charge in [0, 0.05) is 62.9 Å². The summed E-state index contributed by atoms with van der Waals surface area (Å²) >= 11 is 0. The van der Waals surface area contributed by atoms with Gasteiger partial charge in [0.15, 0.2) is 34.0 Å². The minimum Gasteiger partial charge on any atom is -0.480 e. The molecule has 4 aromatic heterocycles. The smallest absolute Gasteiger partial charge is 0.326 e. The second-order valence-electron chi connectivity index (χ2n) is 20.1. The Bertz CT molecular complexity index is 3020. The molecule has 6 aromatic rings. The number of carbonyl (C=O) groups excluding carboxylic acids is 4. The van der Waals surface area contributed by atoms with Crippen LogP contribution in [0.2, 0.25) is 0 Å². The second-order valence-corrected chi connectivity index (χ2v) is 20.1. The number of hydrogen-bond donors (Lipinski definition) is 12. The standard InChI is InChI=1S/C55H77N21O10/c1-74(32-36-30-64-48-44(66-36)46(57)70-54(59)72-48)38-12-8-34(9-13-38)50(79)68-40(52(81)82)16-18-42(77)62-21-4-2-6-23-75(25-27-86-29-28-85-26-20-56)24-7-3-5-22-63-43(78)19-17-41(53(83)84)69-51(80)35-10-14-39(15-11-35)76(61)33-37-31-65-49-45(67-37)47(58)71-55(60)73-49/h8-15,30-31,40-41H,2-7,16-29,32-33,56,61H2,1H3,(H,62,77)(H,63,78)(H,68,79)(H,69,80)(H,81,82)(H,83,84)(H4,57,59,64,70,72)(H4,58,60,65,71,73)/t40-,41-/m0/s1. The Balaban J connectivity index is 0.839. The number of carbonyl (C=O) groups is 6. The van der Waals surface area contributed by atoms with Gasteiger partial charge in [-0.05, 0) is 100 Å². The second kappa shape index (κ2) is 33.9. The van der Waals surface area contributed by atoms with Crippen molar-refractivity contribution in [1.29, 1.82) is 0 Å². The van der Waals surface area contributed by atoms with E-state index in [4.69, 9.17) is 44.0 Å². The zero-order chi connectivity index (χ0) is 62.0. The third-order valence-electron chi connectivity index (χ3n) is 13.4. The van der Waals surface area contributed by atoms with Gasteiger partial charge in [0.05, 0.1) is 69.0 Å². The van der Waals surface area contributed by atoms with Gasteiger partial charge in [0.1, 0.15) is 12.1 Å². The molecule has 0 bridgehead atoms. The average Bonchev–Trinajstić information content (AvgIpc) is 2.94. The molecule has 0 radical (unpaired) electrons. The van der Waals surface area contributed by atoms with E-state index in [9.17, 15) is 39.0 Å². The van der Waals surface area contributed by atoms with E-state index in [1.165, 1.54) is 23.3 Å². The molecule has 2 atom stereocenters. The third-order valence-corrected chi connectivity index (χ3v) is 13.4. The first-order valence-electron chi connectivity index (χ1n) is 28.1. The Labute approximate surface area is 495 Å². The summed E-state index contributed by atoms with van der Waals surface area (Å²) in [5.41, 5.74) is 32.5. The van der Waals surface area contributed by atoms with Gasteiger partial charge >= 0.3 is 11.9 Å². The third kappa shape index (κ3) is 21.4. The molecule has 0 fully saturated rings. The van der Waals surface area contributed by atoms with E-state index in [0.717, 1.165) is 44.5 Å². The van der Waals surface area contributed by atoms with Crippen LogP contribution in [0, 0.1) is 0 Å². The highest BCUT2D eigenvalue weighted by molar-refractivity contribution is 5.98. The number of carboxylic acid groups (broad SMARTS) is 2. The summed E-state index contributed by atoms with van der Waals surface area (Å²) in [4.78, 5) is 113. The van der Waals surface area contributed by atoms with Crippen molar-refractivity contribution in [3.63, 3.8) is 0 Å². The van der Waals surface area contributed by atoms with Gasteiger partial charge in [-0.25, -0.2) is 35.4 Å². The maximum atomic E-state index is 13.1. The molecule has 0 saturated heterocycles. The summed E-state index contributed by atoms with van der Waals surface area (Å²) in [5.74, 6) is 2.00. The molecule has 0 aliphatic rings. The molecule has 4 amide bonds. The number of hydrogen-bond acceptors (Lipinski definition) is 25. The number of nitrogens with one attached hydrogen (secondary N) is 4. The summed E-state index contributed by atoms with van der Waals surface area (Å²) in [6, 6.07) is 10.2. The Morgan fingerprint density at radius 2 is 1.01 bits per heavy atom. The van der Waals surface area contributed by atoms with Gasteiger partial charge < -0.3 is 84.4 Å². The molecule has 18 N–H and O–H groups in total. The Hall–Kier alpha value is -9.30. The van der Waals surface area contributed by atoms with Crippen molar-refractivity contribution >= 4 is 92.8 Å². The van der Waals surface area contributed by atoms with Crippen molar-refractivity contribution in [2.24, 2.45) is 11.6 Å². The fourth-order valence-corrected chi connectivity index (χ4v) is 8.78. The summed E-state index contributed by atoms with van der Waals surface area (Å²) in [7, 11) is 1.83. The molecular formula is C55H77N21O10. The van der Waals surface area contributed by atoms with Crippen molar-refractivity contribution < 1.29 is 48.5 Å². The number of benzene rings is 2. The zero-order valence-electron chi connectivity index (χ0n) is 48.0. The normalized spacial score (nSPS) is 12.0. The number of nitrogens with two attached hydrogens (primary N) is 6. The van der Waals surface area contributed by atoms with Gasteiger partial charge in [-0.2, -0.15) is 19.9 Å². The predicted molar refractivity (Wildman–Crippen MR) is 320 cm³/mol. The lowest BCUT2D eigenvalue weighted by Gasteiger charge is -2.22. The van der Waals surface area contributed by atoms with Crippen molar-refractivity contribution in [3.05, 3.63) is 83.4 Å². The van der Waals surface area contributed by atoms with Crippen molar-refractivity contribution in [2.75, 3.05) is 106 Å². The van der Waals surface area contributed by atoms with Crippen LogP contribution in [0.5, 0.6) is 0 Å². The molecule has 0 spiro atoms. The Kier molecular flexibility index (Phi) is 25.9. The van der Waals surface area contributed by atoms with Crippen LogP contribution in [0.3, 0.4) is 0 Å². The van der Waals surface area contributed by atoms with Crippen LogP contribution in [0.25, 0.3) is 22.3 Å². The highest BCUT2D eigenvalue weighted by Crippen LogP contribution is 2.21. The van der Waals surface area contributed by atoms with Crippen LogP contribution in [0.4, 0.5) is 34.9 Å². The summed E-state index contributed by atoms with van der Waals surface area (Å²) in [5, 5.41) is 31.8. The summed E-state index contributed by atoms with van der Waals surface area (Å²) < 4.78 is 11.2. The number of fused-ring (bicyclic) bond motifs is 2. The monoisotopic (exact) mass is 1190 g/mol.